The van der Waals surface area contributed by atoms with Crippen molar-refractivity contribution in [2.45, 2.75) is 6.61 Å². The summed E-state index contributed by atoms with van der Waals surface area (Å²) < 4.78 is 11.5. The molecule has 0 fully saturated rings. The lowest BCUT2D eigenvalue weighted by atomic mass is 10.1. The predicted molar refractivity (Wildman–Crippen MR) is 96.6 cm³/mol. The van der Waals surface area contributed by atoms with Gasteiger partial charge in [-0.05, 0) is 17.7 Å². The van der Waals surface area contributed by atoms with Crippen molar-refractivity contribution in [2.75, 3.05) is 7.11 Å². The molecule has 2 aromatic carbocycles. The Bertz CT molecular complexity index is 900. The highest BCUT2D eigenvalue weighted by molar-refractivity contribution is 9.10. The van der Waals surface area contributed by atoms with Crippen LogP contribution in [0.1, 0.15) is 16.1 Å². The van der Waals surface area contributed by atoms with Gasteiger partial charge < -0.3 is 9.47 Å². The van der Waals surface area contributed by atoms with Crippen LogP contribution in [0.4, 0.5) is 0 Å². The molecule has 122 valence electrons. The maximum absolute atomic E-state index is 12.0. The number of nitrogens with zero attached hydrogens (tertiary/aromatic N) is 1. The number of ether oxygens (including phenoxy) is 2. The van der Waals surface area contributed by atoms with Crippen LogP contribution in [0.3, 0.4) is 0 Å². The zero-order chi connectivity index (χ0) is 17.1. The van der Waals surface area contributed by atoms with Gasteiger partial charge >= 0.3 is 5.97 Å². The lowest BCUT2D eigenvalue weighted by Crippen LogP contribution is -2.09. The van der Waals surface area contributed by atoms with E-state index in [2.05, 4.69) is 20.9 Å². The Hall–Kier alpha value is -2.11. The summed E-state index contributed by atoms with van der Waals surface area (Å²) in [7, 11) is 1.31. The minimum atomic E-state index is -0.559. The van der Waals surface area contributed by atoms with E-state index in [0.717, 1.165) is 15.4 Å². The van der Waals surface area contributed by atoms with Crippen LogP contribution in [0.2, 0.25) is 5.02 Å². The third kappa shape index (κ3) is 3.37. The first-order chi connectivity index (χ1) is 11.6. The molecule has 3 aromatic rings. The first kappa shape index (κ1) is 16.7. The van der Waals surface area contributed by atoms with E-state index in [1.54, 1.807) is 18.3 Å². The van der Waals surface area contributed by atoms with Crippen LogP contribution in [0.5, 0.6) is 5.75 Å². The molecule has 24 heavy (non-hydrogen) atoms. The number of aromatic nitrogens is 1. The molecule has 1 aromatic heterocycles. The van der Waals surface area contributed by atoms with Gasteiger partial charge in [-0.15, -0.1) is 0 Å². The van der Waals surface area contributed by atoms with Crippen LogP contribution in [-0.2, 0) is 11.3 Å². The Balaban J connectivity index is 2.11. The zero-order valence-corrected chi connectivity index (χ0v) is 15.1. The van der Waals surface area contributed by atoms with Crippen molar-refractivity contribution in [3.8, 4) is 5.75 Å². The molecule has 0 unspecified atom stereocenters. The molecule has 0 radical (unpaired) electrons. The lowest BCUT2D eigenvalue weighted by Gasteiger charge is -2.13. The van der Waals surface area contributed by atoms with Crippen LogP contribution in [0.25, 0.3) is 10.8 Å². The summed E-state index contributed by atoms with van der Waals surface area (Å²) in [5.74, 6) is -0.206. The molecule has 4 nitrogen and oxygen atoms in total. The molecule has 0 aliphatic rings. The van der Waals surface area contributed by atoms with Crippen molar-refractivity contribution < 1.29 is 14.3 Å². The molecular weight excluding hydrogens is 394 g/mol. The number of rotatable bonds is 4. The SMILES string of the molecule is COC(=O)c1ncc2c(Br)cc(Cl)cc2c1OCc1ccccc1. The molecule has 0 amide bonds. The molecule has 1 heterocycles. The first-order valence-corrected chi connectivity index (χ1v) is 8.30. The normalized spacial score (nSPS) is 10.6. The number of carbonyl (C=O) groups is 1. The second kappa shape index (κ2) is 7.20. The fourth-order valence-electron chi connectivity index (χ4n) is 2.34. The van der Waals surface area contributed by atoms with Gasteiger partial charge in [0, 0.05) is 26.5 Å². The van der Waals surface area contributed by atoms with Crippen LogP contribution < -0.4 is 4.74 Å². The molecule has 0 spiro atoms. The summed E-state index contributed by atoms with van der Waals surface area (Å²) in [6.07, 6.45) is 1.59. The molecule has 0 saturated heterocycles. The second-order valence-corrected chi connectivity index (χ2v) is 6.34. The average molecular weight is 407 g/mol. The molecule has 3 rings (SSSR count). The second-order valence-electron chi connectivity index (χ2n) is 5.05. The van der Waals surface area contributed by atoms with Crippen LogP contribution in [0.15, 0.2) is 53.1 Å². The maximum Gasteiger partial charge on any atom is 0.360 e. The van der Waals surface area contributed by atoms with E-state index in [0.29, 0.717) is 22.8 Å². The number of methoxy groups -OCH3 is 1. The Morgan fingerprint density at radius 3 is 2.67 bits per heavy atom. The van der Waals surface area contributed by atoms with Crippen molar-refractivity contribution >= 4 is 44.3 Å². The van der Waals surface area contributed by atoms with E-state index < -0.39 is 5.97 Å². The summed E-state index contributed by atoms with van der Waals surface area (Å²) in [6, 6.07) is 13.2. The summed E-state index contributed by atoms with van der Waals surface area (Å²) >= 11 is 9.62. The Labute approximate surface area is 152 Å². The van der Waals surface area contributed by atoms with Crippen molar-refractivity contribution in [3.63, 3.8) is 0 Å². The van der Waals surface area contributed by atoms with Gasteiger partial charge in [0.25, 0.3) is 0 Å². The minimum Gasteiger partial charge on any atom is -0.486 e. The minimum absolute atomic E-state index is 0.120. The van der Waals surface area contributed by atoms with Crippen molar-refractivity contribution in [3.05, 3.63) is 69.4 Å². The van der Waals surface area contributed by atoms with Gasteiger partial charge in [0.05, 0.1) is 7.11 Å². The standard InChI is InChI=1S/C18H13BrClNO3/c1-23-18(22)16-17(24-10-11-5-3-2-4-6-11)13-7-12(20)8-15(19)14(13)9-21-16/h2-9H,10H2,1H3. The molecule has 6 heteroatoms. The van der Waals surface area contributed by atoms with E-state index >= 15 is 0 Å². The third-order valence-electron chi connectivity index (χ3n) is 3.48. The highest BCUT2D eigenvalue weighted by atomic mass is 79.9. The van der Waals surface area contributed by atoms with Crippen LogP contribution in [0, 0.1) is 0 Å². The quantitative estimate of drug-likeness (QED) is 0.571. The summed E-state index contributed by atoms with van der Waals surface area (Å²) in [5.41, 5.74) is 1.10. The monoisotopic (exact) mass is 405 g/mol. The van der Waals surface area contributed by atoms with Gasteiger partial charge in [-0.1, -0.05) is 57.9 Å². The number of esters is 1. The Morgan fingerprint density at radius 1 is 1.21 bits per heavy atom. The number of benzene rings is 2. The fraction of sp³-hybridized carbons (Fsp3) is 0.111. The van der Waals surface area contributed by atoms with Gasteiger partial charge in [0.1, 0.15) is 6.61 Å². The zero-order valence-electron chi connectivity index (χ0n) is 12.8. The van der Waals surface area contributed by atoms with Gasteiger partial charge in [-0.25, -0.2) is 9.78 Å². The third-order valence-corrected chi connectivity index (χ3v) is 4.36. The number of fused-ring (bicyclic) bond motifs is 1. The van der Waals surface area contributed by atoms with Gasteiger partial charge in [-0.3, -0.25) is 0 Å². The van der Waals surface area contributed by atoms with E-state index in [1.807, 2.05) is 30.3 Å². The van der Waals surface area contributed by atoms with Gasteiger partial charge in [-0.2, -0.15) is 0 Å². The number of hydrogen-bond donors (Lipinski definition) is 0. The highest BCUT2D eigenvalue weighted by Crippen LogP contribution is 2.36. The molecule has 0 N–H and O–H groups in total. The average Bonchev–Trinajstić information content (AvgIpc) is 2.59. The maximum atomic E-state index is 12.0. The highest BCUT2D eigenvalue weighted by Gasteiger charge is 2.20. The molecular formula is C18H13BrClNO3. The van der Waals surface area contributed by atoms with E-state index in [1.165, 1.54) is 7.11 Å². The van der Waals surface area contributed by atoms with Gasteiger partial charge in [0.15, 0.2) is 11.4 Å². The summed E-state index contributed by atoms with van der Waals surface area (Å²) in [5, 5.41) is 2.02. The predicted octanol–water partition coefficient (Wildman–Crippen LogP) is 5.02. The number of halogens is 2. The summed E-state index contributed by atoms with van der Waals surface area (Å²) in [4.78, 5) is 16.3. The van der Waals surface area contributed by atoms with Crippen LogP contribution >= 0.6 is 27.5 Å². The largest absolute Gasteiger partial charge is 0.486 e. The molecule has 0 bridgehead atoms. The van der Waals surface area contributed by atoms with E-state index in [9.17, 15) is 4.79 Å². The Kier molecular flexibility index (Phi) is 5.02. The van der Waals surface area contributed by atoms with E-state index in [-0.39, 0.29) is 5.69 Å². The van der Waals surface area contributed by atoms with Crippen LogP contribution in [-0.4, -0.2) is 18.1 Å². The first-order valence-electron chi connectivity index (χ1n) is 7.13. The molecule has 0 atom stereocenters. The van der Waals surface area contributed by atoms with Crippen molar-refractivity contribution in [1.29, 1.82) is 0 Å². The fourth-order valence-corrected chi connectivity index (χ4v) is 3.25. The molecule has 0 aliphatic heterocycles. The number of pyridine rings is 1. The van der Waals surface area contributed by atoms with E-state index in [4.69, 9.17) is 21.1 Å². The Morgan fingerprint density at radius 2 is 1.96 bits per heavy atom. The topological polar surface area (TPSA) is 48.4 Å². The molecule has 0 saturated carbocycles. The summed E-state index contributed by atoms with van der Waals surface area (Å²) in [6.45, 7) is 0.301. The number of carbonyl (C=O) groups excluding carboxylic acids is 1. The molecule has 0 aliphatic carbocycles. The number of hydrogen-bond acceptors (Lipinski definition) is 4. The lowest BCUT2D eigenvalue weighted by molar-refractivity contribution is 0.0589. The smallest absolute Gasteiger partial charge is 0.360 e. The van der Waals surface area contributed by atoms with Gasteiger partial charge in [0.2, 0.25) is 0 Å². The van der Waals surface area contributed by atoms with Crippen molar-refractivity contribution in [2.24, 2.45) is 0 Å². The van der Waals surface area contributed by atoms with Crippen molar-refractivity contribution in [1.82, 2.24) is 4.98 Å².